The van der Waals surface area contributed by atoms with Crippen LogP contribution in [0.1, 0.15) is 69.1 Å². The molecule has 7 nitrogen and oxygen atoms in total. The Morgan fingerprint density at radius 1 is 0.878 bits per heavy atom. The molecule has 1 fully saturated rings. The third-order valence-corrected chi connectivity index (χ3v) is 9.59. The molecule has 8 heteroatoms. The molecule has 3 aromatic rings. The van der Waals surface area contributed by atoms with Gasteiger partial charge in [-0.15, -0.1) is 0 Å². The van der Waals surface area contributed by atoms with Crippen molar-refractivity contribution in [2.24, 2.45) is 0 Å². The van der Waals surface area contributed by atoms with Gasteiger partial charge in [0.2, 0.25) is 11.8 Å². The van der Waals surface area contributed by atoms with Crippen LogP contribution >= 0.6 is 0 Å². The molecule has 0 aromatic heterocycles. The maximum atomic E-state index is 14.1. The number of benzene rings is 3. The largest absolute Gasteiger partial charge is 0.352 e. The molecule has 2 amide bonds. The molecule has 0 radical (unpaired) electrons. The highest BCUT2D eigenvalue weighted by atomic mass is 32.2. The highest BCUT2D eigenvalue weighted by Crippen LogP contribution is 2.27. The monoisotopic (exact) mass is 575 g/mol. The van der Waals surface area contributed by atoms with Gasteiger partial charge in [0.1, 0.15) is 12.6 Å². The zero-order chi connectivity index (χ0) is 29.6. The SMILES string of the molecule is Cc1ccc(S(=O)(=O)N(CC(=O)N(Cc2ccccc2)[C@@H](C)C(=O)NC2CCCC2)c2ccc(C(C)C)cc2)cc1. The average molecular weight is 576 g/mol. The molecule has 1 aliphatic rings. The Labute approximate surface area is 244 Å². The van der Waals surface area contributed by atoms with Crippen molar-refractivity contribution in [3.8, 4) is 0 Å². The number of rotatable bonds is 11. The Kier molecular flexibility index (Phi) is 9.86. The Hall–Kier alpha value is -3.65. The van der Waals surface area contributed by atoms with Gasteiger partial charge in [0.05, 0.1) is 10.6 Å². The second-order valence-electron chi connectivity index (χ2n) is 11.2. The number of hydrogen-bond acceptors (Lipinski definition) is 4. The van der Waals surface area contributed by atoms with Crippen LogP contribution in [0.4, 0.5) is 5.69 Å². The molecule has 41 heavy (non-hydrogen) atoms. The molecule has 0 heterocycles. The fourth-order valence-electron chi connectivity index (χ4n) is 5.15. The lowest BCUT2D eigenvalue weighted by atomic mass is 10.0. The van der Waals surface area contributed by atoms with Crippen LogP contribution in [0.25, 0.3) is 0 Å². The minimum Gasteiger partial charge on any atom is -0.352 e. The van der Waals surface area contributed by atoms with Gasteiger partial charge < -0.3 is 10.2 Å². The summed E-state index contributed by atoms with van der Waals surface area (Å²) in [7, 11) is -4.08. The highest BCUT2D eigenvalue weighted by molar-refractivity contribution is 7.92. The fraction of sp³-hybridized carbons (Fsp3) is 0.394. The lowest BCUT2D eigenvalue weighted by molar-refractivity contribution is -0.139. The zero-order valence-electron chi connectivity index (χ0n) is 24.4. The van der Waals surface area contributed by atoms with E-state index in [1.807, 2.05) is 49.4 Å². The van der Waals surface area contributed by atoms with E-state index >= 15 is 0 Å². The van der Waals surface area contributed by atoms with Gasteiger partial charge >= 0.3 is 0 Å². The number of aryl methyl sites for hydroxylation is 1. The molecule has 1 N–H and O–H groups in total. The van der Waals surface area contributed by atoms with Gasteiger partial charge in [-0.3, -0.25) is 13.9 Å². The van der Waals surface area contributed by atoms with Gasteiger partial charge in [0.15, 0.2) is 0 Å². The Morgan fingerprint density at radius 2 is 1.49 bits per heavy atom. The molecule has 0 aliphatic heterocycles. The number of amides is 2. The van der Waals surface area contributed by atoms with Gasteiger partial charge in [0, 0.05) is 12.6 Å². The molecule has 218 valence electrons. The van der Waals surface area contributed by atoms with Gasteiger partial charge in [-0.05, 0) is 68.0 Å². The van der Waals surface area contributed by atoms with Crippen molar-refractivity contribution < 1.29 is 18.0 Å². The Balaban J connectivity index is 1.68. The summed E-state index contributed by atoms with van der Waals surface area (Å²) >= 11 is 0. The summed E-state index contributed by atoms with van der Waals surface area (Å²) in [5.41, 5.74) is 3.25. The van der Waals surface area contributed by atoms with Crippen LogP contribution in [0, 0.1) is 6.92 Å². The molecule has 0 spiro atoms. The summed E-state index contributed by atoms with van der Waals surface area (Å²) in [4.78, 5) is 29.0. The van der Waals surface area contributed by atoms with E-state index in [-0.39, 0.29) is 29.3 Å². The smallest absolute Gasteiger partial charge is 0.264 e. The molecule has 3 aromatic carbocycles. The number of hydrogen-bond donors (Lipinski definition) is 1. The van der Waals surface area contributed by atoms with Crippen LogP contribution in [0.3, 0.4) is 0 Å². The lowest BCUT2D eigenvalue weighted by Crippen LogP contribution is -2.52. The van der Waals surface area contributed by atoms with E-state index in [0.29, 0.717) is 5.69 Å². The number of anilines is 1. The van der Waals surface area contributed by atoms with Crippen molar-refractivity contribution in [3.05, 3.63) is 95.6 Å². The predicted molar refractivity (Wildman–Crippen MR) is 163 cm³/mol. The molecule has 0 bridgehead atoms. The number of nitrogens with one attached hydrogen (secondary N) is 1. The first kappa shape index (κ1) is 30.3. The van der Waals surface area contributed by atoms with Crippen LogP contribution in [0.5, 0.6) is 0 Å². The third kappa shape index (κ3) is 7.55. The maximum absolute atomic E-state index is 14.1. The minimum absolute atomic E-state index is 0.102. The molecular formula is C33H41N3O4S. The normalized spacial score (nSPS) is 14.6. The fourth-order valence-corrected chi connectivity index (χ4v) is 6.56. The van der Waals surface area contributed by atoms with E-state index in [2.05, 4.69) is 19.2 Å². The summed E-state index contributed by atoms with van der Waals surface area (Å²) in [6, 6.07) is 22.6. The first-order valence-corrected chi connectivity index (χ1v) is 15.8. The van der Waals surface area contributed by atoms with Crippen LogP contribution in [-0.4, -0.2) is 43.8 Å². The molecule has 4 rings (SSSR count). The molecule has 1 aliphatic carbocycles. The van der Waals surface area contributed by atoms with E-state index < -0.39 is 28.5 Å². The quantitative estimate of drug-likeness (QED) is 0.314. The van der Waals surface area contributed by atoms with Gasteiger partial charge in [-0.25, -0.2) is 8.42 Å². The second kappa shape index (κ2) is 13.3. The number of sulfonamides is 1. The maximum Gasteiger partial charge on any atom is 0.264 e. The van der Waals surface area contributed by atoms with E-state index in [4.69, 9.17) is 0 Å². The van der Waals surface area contributed by atoms with Crippen molar-refractivity contribution in [1.82, 2.24) is 10.2 Å². The van der Waals surface area contributed by atoms with Crippen LogP contribution in [0.15, 0.2) is 83.8 Å². The second-order valence-corrected chi connectivity index (χ2v) is 13.1. The molecule has 1 saturated carbocycles. The molecule has 0 saturated heterocycles. The standard InChI is InChI=1S/C33H41N3O4S/c1-24(2)28-16-18-30(19-17-28)36(41(39,40)31-20-14-25(3)15-21-31)23-32(37)35(22-27-10-6-5-7-11-27)26(4)33(38)34-29-12-8-9-13-29/h5-7,10-11,14-21,24,26,29H,8-9,12-13,22-23H2,1-4H3,(H,34,38)/t26-/m0/s1. The molecule has 1 atom stereocenters. The summed E-state index contributed by atoms with van der Waals surface area (Å²) in [6.45, 7) is 7.48. The zero-order valence-corrected chi connectivity index (χ0v) is 25.2. The third-order valence-electron chi connectivity index (χ3n) is 7.80. The lowest BCUT2D eigenvalue weighted by Gasteiger charge is -2.32. The van der Waals surface area contributed by atoms with Gasteiger partial charge in [-0.1, -0.05) is 86.8 Å². The summed E-state index contributed by atoms with van der Waals surface area (Å²) in [6.07, 6.45) is 4.01. The van der Waals surface area contributed by atoms with Crippen molar-refractivity contribution in [3.63, 3.8) is 0 Å². The minimum atomic E-state index is -4.08. The first-order valence-electron chi connectivity index (χ1n) is 14.4. The highest BCUT2D eigenvalue weighted by Gasteiger charge is 2.33. The predicted octanol–water partition coefficient (Wildman–Crippen LogP) is 5.79. The summed E-state index contributed by atoms with van der Waals surface area (Å²) in [5.74, 6) is -0.407. The van der Waals surface area contributed by atoms with Crippen molar-refractivity contribution in [2.75, 3.05) is 10.8 Å². The summed E-state index contributed by atoms with van der Waals surface area (Å²) in [5, 5.41) is 3.10. The average Bonchev–Trinajstić information content (AvgIpc) is 3.48. The van der Waals surface area contributed by atoms with Crippen molar-refractivity contribution >= 4 is 27.5 Å². The number of carbonyl (C=O) groups excluding carboxylic acids is 2. The van der Waals surface area contributed by atoms with Crippen LogP contribution in [-0.2, 0) is 26.2 Å². The Morgan fingerprint density at radius 3 is 2.07 bits per heavy atom. The topological polar surface area (TPSA) is 86.8 Å². The van der Waals surface area contributed by atoms with E-state index in [9.17, 15) is 18.0 Å². The number of carbonyl (C=O) groups is 2. The Bertz CT molecular complexity index is 1420. The van der Waals surface area contributed by atoms with E-state index in [1.165, 1.54) is 4.90 Å². The van der Waals surface area contributed by atoms with Crippen LogP contribution < -0.4 is 9.62 Å². The van der Waals surface area contributed by atoms with Gasteiger partial charge in [0.25, 0.3) is 10.0 Å². The van der Waals surface area contributed by atoms with Crippen molar-refractivity contribution in [1.29, 1.82) is 0 Å². The van der Waals surface area contributed by atoms with Crippen LogP contribution in [0.2, 0.25) is 0 Å². The molecule has 0 unspecified atom stereocenters. The summed E-state index contributed by atoms with van der Waals surface area (Å²) < 4.78 is 29.1. The first-order chi connectivity index (χ1) is 19.6. The van der Waals surface area contributed by atoms with Gasteiger partial charge in [-0.2, -0.15) is 0 Å². The van der Waals surface area contributed by atoms with E-state index in [1.54, 1.807) is 43.3 Å². The number of nitrogens with zero attached hydrogens (tertiary/aromatic N) is 2. The van der Waals surface area contributed by atoms with E-state index in [0.717, 1.165) is 46.7 Å². The van der Waals surface area contributed by atoms with Crippen molar-refractivity contribution in [2.45, 2.75) is 82.8 Å². The molecular weight excluding hydrogens is 534 g/mol.